The van der Waals surface area contributed by atoms with Gasteiger partial charge in [0, 0.05) is 5.92 Å². The standard InChI is InChI=1S/C8H13NO/c9-8-4-6(8)5-10-7(8)2-1-3-7/h6H,1-5,9H2/t6-,8+/m0/s1. The van der Waals surface area contributed by atoms with E-state index in [0.717, 1.165) is 6.61 Å². The normalized spacial score (nSPS) is 54.3. The highest BCUT2D eigenvalue weighted by Gasteiger charge is 2.71. The third kappa shape index (κ3) is 0.372. The number of nitrogens with two attached hydrogens (primary N) is 1. The van der Waals surface area contributed by atoms with E-state index in [-0.39, 0.29) is 11.1 Å². The van der Waals surface area contributed by atoms with E-state index in [1.54, 1.807) is 0 Å². The molecule has 2 nitrogen and oxygen atoms in total. The topological polar surface area (TPSA) is 35.2 Å². The summed E-state index contributed by atoms with van der Waals surface area (Å²) in [6, 6.07) is 0. The van der Waals surface area contributed by atoms with Gasteiger partial charge in [0.1, 0.15) is 0 Å². The second-order valence-corrected chi connectivity index (χ2v) is 4.10. The van der Waals surface area contributed by atoms with Gasteiger partial charge in [0.05, 0.1) is 17.7 Å². The smallest absolute Gasteiger partial charge is 0.0864 e. The molecule has 2 saturated carbocycles. The molecule has 0 bridgehead atoms. The highest BCUT2D eigenvalue weighted by molar-refractivity contribution is 5.26. The summed E-state index contributed by atoms with van der Waals surface area (Å²) in [5, 5.41) is 0. The molecule has 1 saturated heterocycles. The summed E-state index contributed by atoms with van der Waals surface area (Å²) in [4.78, 5) is 0. The fraction of sp³-hybridized carbons (Fsp3) is 1.00. The third-order valence-electron chi connectivity index (χ3n) is 3.72. The Morgan fingerprint density at radius 2 is 2.20 bits per heavy atom. The number of hydrogen-bond acceptors (Lipinski definition) is 2. The van der Waals surface area contributed by atoms with Crippen LogP contribution in [-0.4, -0.2) is 17.7 Å². The summed E-state index contributed by atoms with van der Waals surface area (Å²) in [5.41, 5.74) is 6.46. The Morgan fingerprint density at radius 3 is 2.40 bits per heavy atom. The second-order valence-electron chi connectivity index (χ2n) is 4.10. The summed E-state index contributed by atoms with van der Waals surface area (Å²) in [5.74, 6) is 0.716. The fourth-order valence-corrected chi connectivity index (χ4v) is 2.62. The average Bonchev–Trinajstić information content (AvgIpc) is 2.34. The van der Waals surface area contributed by atoms with Gasteiger partial charge in [-0.25, -0.2) is 0 Å². The van der Waals surface area contributed by atoms with E-state index in [9.17, 15) is 0 Å². The maximum atomic E-state index is 6.17. The van der Waals surface area contributed by atoms with E-state index < -0.39 is 0 Å². The molecule has 0 aromatic carbocycles. The molecule has 0 amide bonds. The maximum absolute atomic E-state index is 6.17. The van der Waals surface area contributed by atoms with Crippen molar-refractivity contribution in [3.05, 3.63) is 0 Å². The van der Waals surface area contributed by atoms with Crippen LogP contribution in [0.5, 0.6) is 0 Å². The van der Waals surface area contributed by atoms with E-state index in [4.69, 9.17) is 10.5 Å². The molecule has 10 heavy (non-hydrogen) atoms. The zero-order valence-electron chi connectivity index (χ0n) is 6.10. The molecule has 3 fully saturated rings. The Hall–Kier alpha value is -0.0800. The van der Waals surface area contributed by atoms with Gasteiger partial charge in [-0.2, -0.15) is 0 Å². The molecule has 3 rings (SSSR count). The van der Waals surface area contributed by atoms with Gasteiger partial charge in [0.15, 0.2) is 0 Å². The Balaban J connectivity index is 1.97. The highest BCUT2D eigenvalue weighted by Crippen LogP contribution is 2.62. The maximum Gasteiger partial charge on any atom is 0.0864 e. The van der Waals surface area contributed by atoms with Gasteiger partial charge < -0.3 is 10.5 Å². The summed E-state index contributed by atoms with van der Waals surface area (Å²) < 4.78 is 5.72. The number of rotatable bonds is 0. The Bertz CT molecular complexity index is 186. The van der Waals surface area contributed by atoms with Crippen LogP contribution >= 0.6 is 0 Å². The van der Waals surface area contributed by atoms with Gasteiger partial charge in [-0.1, -0.05) is 0 Å². The Labute approximate surface area is 60.7 Å². The van der Waals surface area contributed by atoms with Crippen molar-refractivity contribution in [1.82, 2.24) is 0 Å². The zero-order valence-corrected chi connectivity index (χ0v) is 6.10. The minimum absolute atomic E-state index is 0.130. The van der Waals surface area contributed by atoms with Crippen molar-refractivity contribution >= 4 is 0 Å². The SMILES string of the molecule is N[C@]12C[C@H]1COC21CCC1. The van der Waals surface area contributed by atoms with Crippen LogP contribution in [0.1, 0.15) is 25.7 Å². The average molecular weight is 139 g/mol. The number of hydrogen-bond donors (Lipinski definition) is 1. The minimum Gasteiger partial charge on any atom is -0.373 e. The van der Waals surface area contributed by atoms with Crippen LogP contribution in [0.2, 0.25) is 0 Å². The van der Waals surface area contributed by atoms with Crippen molar-refractivity contribution < 1.29 is 4.74 Å². The molecule has 2 heteroatoms. The Morgan fingerprint density at radius 1 is 1.40 bits per heavy atom. The van der Waals surface area contributed by atoms with E-state index in [1.807, 2.05) is 0 Å². The summed E-state index contributed by atoms with van der Waals surface area (Å²) in [6.45, 7) is 0.941. The van der Waals surface area contributed by atoms with Gasteiger partial charge in [0.2, 0.25) is 0 Å². The minimum atomic E-state index is 0.130. The quantitative estimate of drug-likeness (QED) is 0.535. The monoisotopic (exact) mass is 139 g/mol. The van der Waals surface area contributed by atoms with Crippen LogP contribution in [0, 0.1) is 5.92 Å². The number of ether oxygens (including phenoxy) is 1. The first kappa shape index (κ1) is 5.56. The molecule has 1 aliphatic heterocycles. The van der Waals surface area contributed by atoms with E-state index in [0.29, 0.717) is 5.92 Å². The van der Waals surface area contributed by atoms with Crippen LogP contribution in [0.4, 0.5) is 0 Å². The van der Waals surface area contributed by atoms with Gasteiger partial charge in [-0.3, -0.25) is 0 Å². The third-order valence-corrected chi connectivity index (χ3v) is 3.72. The van der Waals surface area contributed by atoms with Gasteiger partial charge in [0.25, 0.3) is 0 Å². The fourth-order valence-electron chi connectivity index (χ4n) is 2.62. The van der Waals surface area contributed by atoms with Gasteiger partial charge >= 0.3 is 0 Å². The lowest BCUT2D eigenvalue weighted by molar-refractivity contribution is -0.0886. The van der Waals surface area contributed by atoms with Crippen LogP contribution < -0.4 is 5.73 Å². The van der Waals surface area contributed by atoms with Gasteiger partial charge in [-0.15, -0.1) is 0 Å². The first-order chi connectivity index (χ1) is 4.77. The van der Waals surface area contributed by atoms with Crippen molar-refractivity contribution in [2.24, 2.45) is 11.7 Å². The predicted octanol–water partition coefficient (Wildman–Crippen LogP) is 0.657. The molecule has 2 atom stereocenters. The zero-order chi connectivity index (χ0) is 6.82. The summed E-state index contributed by atoms with van der Waals surface area (Å²) >= 11 is 0. The lowest BCUT2D eigenvalue weighted by atomic mass is 9.73. The van der Waals surface area contributed by atoms with Crippen molar-refractivity contribution in [1.29, 1.82) is 0 Å². The highest BCUT2D eigenvalue weighted by atomic mass is 16.5. The van der Waals surface area contributed by atoms with Crippen LogP contribution in [0.15, 0.2) is 0 Å². The molecule has 0 aromatic rings. The molecule has 2 aliphatic carbocycles. The summed E-state index contributed by atoms with van der Waals surface area (Å²) in [7, 11) is 0. The van der Waals surface area contributed by atoms with E-state index >= 15 is 0 Å². The van der Waals surface area contributed by atoms with E-state index in [2.05, 4.69) is 0 Å². The molecule has 2 N–H and O–H groups in total. The van der Waals surface area contributed by atoms with E-state index in [1.165, 1.54) is 25.7 Å². The van der Waals surface area contributed by atoms with Crippen molar-refractivity contribution in [2.45, 2.75) is 36.8 Å². The van der Waals surface area contributed by atoms with Crippen molar-refractivity contribution in [3.63, 3.8) is 0 Å². The molecule has 1 heterocycles. The molecule has 1 spiro atoms. The van der Waals surface area contributed by atoms with Crippen molar-refractivity contribution in [3.8, 4) is 0 Å². The molecule has 3 aliphatic rings. The van der Waals surface area contributed by atoms with Gasteiger partial charge in [-0.05, 0) is 25.7 Å². The molecule has 0 aromatic heterocycles. The van der Waals surface area contributed by atoms with Crippen LogP contribution in [-0.2, 0) is 4.74 Å². The molecule has 0 radical (unpaired) electrons. The molecular formula is C8H13NO. The predicted molar refractivity (Wildman–Crippen MR) is 37.6 cm³/mol. The molecular weight excluding hydrogens is 126 g/mol. The molecule has 0 unspecified atom stereocenters. The lowest BCUT2D eigenvalue weighted by Gasteiger charge is -2.43. The Kier molecular flexibility index (Phi) is 0.710. The summed E-state index contributed by atoms with van der Waals surface area (Å²) in [6.07, 6.45) is 5.00. The first-order valence-electron chi connectivity index (χ1n) is 4.20. The van der Waals surface area contributed by atoms with Crippen molar-refractivity contribution in [2.75, 3.05) is 6.61 Å². The first-order valence-corrected chi connectivity index (χ1v) is 4.20. The molecule has 56 valence electrons. The number of fused-ring (bicyclic) bond motifs is 2. The van der Waals surface area contributed by atoms with Crippen LogP contribution in [0.3, 0.4) is 0 Å². The lowest BCUT2D eigenvalue weighted by Crippen LogP contribution is -2.54. The van der Waals surface area contributed by atoms with Crippen LogP contribution in [0.25, 0.3) is 0 Å². The second kappa shape index (κ2) is 1.28. The largest absolute Gasteiger partial charge is 0.373 e.